The van der Waals surface area contributed by atoms with Crippen molar-refractivity contribution >= 4 is 22.5 Å². The van der Waals surface area contributed by atoms with E-state index >= 15 is 0 Å². The molecule has 6 nitrogen and oxygen atoms in total. The van der Waals surface area contributed by atoms with Gasteiger partial charge >= 0.3 is 0 Å². The van der Waals surface area contributed by atoms with Gasteiger partial charge in [0.15, 0.2) is 0 Å². The summed E-state index contributed by atoms with van der Waals surface area (Å²) in [6.07, 6.45) is 5.88. The van der Waals surface area contributed by atoms with E-state index in [1.54, 1.807) is 6.26 Å². The number of fused-ring (bicyclic) bond motifs is 4. The van der Waals surface area contributed by atoms with Crippen LogP contribution in [0.15, 0.2) is 76.7 Å². The van der Waals surface area contributed by atoms with E-state index in [4.69, 9.17) is 4.42 Å². The third kappa shape index (κ3) is 2.31. The van der Waals surface area contributed by atoms with Crippen molar-refractivity contribution in [2.24, 2.45) is 4.99 Å². The van der Waals surface area contributed by atoms with Gasteiger partial charge in [0.1, 0.15) is 11.4 Å². The van der Waals surface area contributed by atoms with Gasteiger partial charge in [-0.3, -0.25) is 10.7 Å². The van der Waals surface area contributed by atoms with Gasteiger partial charge in [-0.1, -0.05) is 24.3 Å². The van der Waals surface area contributed by atoms with Gasteiger partial charge in [0.2, 0.25) is 0 Å². The van der Waals surface area contributed by atoms with E-state index in [2.05, 4.69) is 32.2 Å². The van der Waals surface area contributed by atoms with E-state index in [9.17, 15) is 5.21 Å². The Labute approximate surface area is 149 Å². The molecule has 1 atom stereocenters. The number of benzene rings is 2. The van der Waals surface area contributed by atoms with Gasteiger partial charge in [0.05, 0.1) is 36.2 Å². The summed E-state index contributed by atoms with van der Waals surface area (Å²) in [4.78, 5) is 8.85. The second kappa shape index (κ2) is 5.86. The Morgan fingerprint density at radius 3 is 3.08 bits per heavy atom. The van der Waals surface area contributed by atoms with E-state index in [1.807, 2.05) is 48.9 Å². The molecule has 1 aliphatic heterocycles. The fraction of sp³-hybridized carbons (Fsp3) is 0.100. The van der Waals surface area contributed by atoms with Gasteiger partial charge in [-0.2, -0.15) is 0 Å². The van der Waals surface area contributed by atoms with Crippen molar-refractivity contribution in [1.29, 1.82) is 0 Å². The van der Waals surface area contributed by atoms with Crippen molar-refractivity contribution < 1.29 is 9.62 Å². The van der Waals surface area contributed by atoms with Crippen LogP contribution in [0.4, 0.5) is 5.69 Å². The fourth-order valence-corrected chi connectivity index (χ4v) is 3.62. The summed E-state index contributed by atoms with van der Waals surface area (Å²) < 4.78 is 7.48. The summed E-state index contributed by atoms with van der Waals surface area (Å²) in [6.45, 7) is 0. The normalized spacial score (nSPS) is 15.9. The minimum absolute atomic E-state index is 0.0414. The zero-order valence-corrected chi connectivity index (χ0v) is 13.8. The molecule has 0 aliphatic carbocycles. The van der Waals surface area contributed by atoms with Gasteiger partial charge in [-0.25, -0.2) is 9.98 Å². The highest BCUT2D eigenvalue weighted by atomic mass is 16.5. The minimum Gasteiger partial charge on any atom is -0.464 e. The second-order valence-corrected chi connectivity index (χ2v) is 6.31. The third-order valence-electron chi connectivity index (χ3n) is 4.81. The molecule has 2 N–H and O–H groups in total. The molecule has 3 heterocycles. The van der Waals surface area contributed by atoms with E-state index < -0.39 is 0 Å². The summed E-state index contributed by atoms with van der Waals surface area (Å²) in [5.41, 5.74) is 7.30. The van der Waals surface area contributed by atoms with Crippen molar-refractivity contribution in [2.75, 3.05) is 0 Å². The highest BCUT2D eigenvalue weighted by molar-refractivity contribution is 5.88. The number of furan rings is 1. The molecule has 26 heavy (non-hydrogen) atoms. The summed E-state index contributed by atoms with van der Waals surface area (Å²) in [5, 5.41) is 10.6. The lowest BCUT2D eigenvalue weighted by Crippen LogP contribution is -2.23. The number of hydrogen-bond acceptors (Lipinski definition) is 4. The Kier molecular flexibility index (Phi) is 3.36. The molecular formula is C20H16N4O2. The monoisotopic (exact) mass is 344 g/mol. The molecule has 0 saturated carbocycles. The Bertz CT molecular complexity index is 1130. The summed E-state index contributed by atoms with van der Waals surface area (Å²) in [7, 11) is 0. The topological polar surface area (TPSA) is 75.6 Å². The molecule has 0 radical (unpaired) electrons. The van der Waals surface area contributed by atoms with Crippen molar-refractivity contribution in [3.8, 4) is 11.3 Å². The van der Waals surface area contributed by atoms with E-state index in [1.165, 1.54) is 11.1 Å². The number of aromatic nitrogens is 2. The largest absolute Gasteiger partial charge is 0.464 e. The van der Waals surface area contributed by atoms with Gasteiger partial charge in [0, 0.05) is 17.4 Å². The van der Waals surface area contributed by atoms with Crippen LogP contribution in [0.2, 0.25) is 0 Å². The van der Waals surface area contributed by atoms with Crippen molar-refractivity contribution in [1.82, 2.24) is 15.0 Å². The lowest BCUT2D eigenvalue weighted by Gasteiger charge is -2.15. The van der Waals surface area contributed by atoms with Crippen LogP contribution in [0.5, 0.6) is 0 Å². The molecule has 0 bridgehead atoms. The lowest BCUT2D eigenvalue weighted by atomic mass is 10.0. The number of rotatable bonds is 3. The van der Waals surface area contributed by atoms with Crippen LogP contribution in [0.25, 0.3) is 22.2 Å². The number of nitrogens with zero attached hydrogens (tertiary/aromatic N) is 3. The first kappa shape index (κ1) is 14.9. The number of hydrogen-bond donors (Lipinski definition) is 2. The molecule has 6 heteroatoms. The van der Waals surface area contributed by atoms with E-state index in [0.717, 1.165) is 22.4 Å². The number of nitrogens with one attached hydrogen (secondary N) is 1. The van der Waals surface area contributed by atoms with Crippen molar-refractivity contribution in [2.45, 2.75) is 12.5 Å². The molecule has 1 unspecified atom stereocenters. The Morgan fingerprint density at radius 1 is 1.23 bits per heavy atom. The summed E-state index contributed by atoms with van der Waals surface area (Å²) in [6, 6.07) is 15.9. The maximum Gasteiger partial charge on any atom is 0.134 e. The summed E-state index contributed by atoms with van der Waals surface area (Å²) >= 11 is 0. The van der Waals surface area contributed by atoms with Crippen LogP contribution < -0.4 is 5.48 Å². The van der Waals surface area contributed by atoms with Gasteiger partial charge in [-0.05, 0) is 29.8 Å². The molecule has 0 fully saturated rings. The predicted molar refractivity (Wildman–Crippen MR) is 98.7 cm³/mol. The second-order valence-electron chi connectivity index (χ2n) is 6.31. The first-order valence-corrected chi connectivity index (χ1v) is 8.39. The van der Waals surface area contributed by atoms with Crippen LogP contribution in [-0.2, 0) is 0 Å². The van der Waals surface area contributed by atoms with Gasteiger partial charge < -0.3 is 8.98 Å². The third-order valence-corrected chi connectivity index (χ3v) is 4.81. The Morgan fingerprint density at radius 2 is 2.15 bits per heavy atom. The number of imidazole rings is 1. The highest BCUT2D eigenvalue weighted by Crippen LogP contribution is 2.40. The number of hydroxylamine groups is 1. The van der Waals surface area contributed by atoms with Crippen molar-refractivity contribution in [3.63, 3.8) is 0 Å². The lowest BCUT2D eigenvalue weighted by molar-refractivity contribution is 0.230. The molecule has 128 valence electrons. The highest BCUT2D eigenvalue weighted by Gasteiger charge is 2.29. The minimum atomic E-state index is 0.0414. The fourth-order valence-electron chi connectivity index (χ4n) is 3.62. The molecule has 0 saturated heterocycles. The molecule has 5 rings (SSSR count). The first-order chi connectivity index (χ1) is 12.8. The first-order valence-electron chi connectivity index (χ1n) is 8.39. The van der Waals surface area contributed by atoms with Crippen LogP contribution in [0.3, 0.4) is 0 Å². The average molecular weight is 344 g/mol. The zero-order valence-electron chi connectivity index (χ0n) is 13.8. The van der Waals surface area contributed by atoms with E-state index in [-0.39, 0.29) is 6.04 Å². The van der Waals surface area contributed by atoms with Crippen LogP contribution in [0.1, 0.15) is 18.0 Å². The van der Waals surface area contributed by atoms with Crippen LogP contribution in [-0.4, -0.2) is 20.6 Å². The molecule has 2 aromatic carbocycles. The quantitative estimate of drug-likeness (QED) is 0.330. The van der Waals surface area contributed by atoms with Crippen LogP contribution in [0, 0.1) is 0 Å². The summed E-state index contributed by atoms with van der Waals surface area (Å²) in [5.74, 6) is 0.495. The smallest absolute Gasteiger partial charge is 0.134 e. The molecule has 0 spiro atoms. The van der Waals surface area contributed by atoms with Crippen LogP contribution >= 0.6 is 0 Å². The van der Waals surface area contributed by atoms with E-state index in [0.29, 0.717) is 12.3 Å². The molecule has 0 amide bonds. The number of amidine groups is 1. The van der Waals surface area contributed by atoms with Gasteiger partial charge in [0.25, 0.3) is 0 Å². The number of aliphatic imine (C=N–C) groups is 1. The Hall–Kier alpha value is -3.38. The maximum atomic E-state index is 9.64. The maximum absolute atomic E-state index is 9.64. The average Bonchev–Trinajstić information content (AvgIpc) is 3.38. The predicted octanol–water partition coefficient (Wildman–Crippen LogP) is 4.30. The molecular weight excluding hydrogens is 328 g/mol. The molecule has 2 aromatic heterocycles. The SMILES string of the molecule is ONC(CC1c2ccccc2-c2cncn21)=Nc1ccc2occc2c1. The Balaban J connectivity index is 1.51. The zero-order chi connectivity index (χ0) is 17.5. The molecule has 1 aliphatic rings. The molecule has 4 aromatic rings. The van der Waals surface area contributed by atoms with Gasteiger partial charge in [-0.15, -0.1) is 0 Å². The standard InChI is InChI=1S/C20H16N4O2/c25-23-20(22-14-5-6-19-13(9-14)7-8-26-19)10-17-15-3-1-2-4-16(15)18-11-21-12-24(17)18/h1-9,11-12,17,25H,10H2,(H,22,23). The van der Waals surface area contributed by atoms with Crippen molar-refractivity contribution in [3.05, 3.63) is 72.9 Å².